The summed E-state index contributed by atoms with van der Waals surface area (Å²) in [5, 5.41) is 0. The Morgan fingerprint density at radius 1 is 1.37 bits per heavy atom. The van der Waals surface area contributed by atoms with Crippen molar-refractivity contribution in [2.45, 2.75) is 38.8 Å². The number of amides is 1. The highest BCUT2D eigenvalue weighted by Gasteiger charge is 2.44. The van der Waals surface area contributed by atoms with Crippen LogP contribution in [0.5, 0.6) is 0 Å². The van der Waals surface area contributed by atoms with Crippen LogP contribution in [0.4, 0.5) is 13.2 Å². The molecular weight excluding hydrogens is 263 g/mol. The Balaban J connectivity index is 2.50. The second-order valence-electron chi connectivity index (χ2n) is 4.61. The van der Waals surface area contributed by atoms with Crippen molar-refractivity contribution in [1.82, 2.24) is 4.90 Å². The number of piperidine rings is 1. The van der Waals surface area contributed by atoms with E-state index in [2.05, 4.69) is 0 Å². The Morgan fingerprint density at radius 3 is 2.63 bits per heavy atom. The maximum Gasteiger partial charge on any atom is 0.471 e. The van der Waals surface area contributed by atoms with E-state index in [-0.39, 0.29) is 19.7 Å². The third kappa shape index (κ3) is 4.72. The Hall–Kier alpha value is -1.27. The molecule has 0 spiro atoms. The van der Waals surface area contributed by atoms with E-state index in [4.69, 9.17) is 4.74 Å². The van der Waals surface area contributed by atoms with Crippen molar-refractivity contribution in [3.8, 4) is 0 Å². The maximum atomic E-state index is 12.3. The zero-order valence-corrected chi connectivity index (χ0v) is 10.8. The molecule has 0 saturated carbocycles. The summed E-state index contributed by atoms with van der Waals surface area (Å²) in [5.41, 5.74) is 0. The van der Waals surface area contributed by atoms with E-state index in [0.29, 0.717) is 17.7 Å². The molecule has 0 aromatic heterocycles. The monoisotopic (exact) mass is 281 g/mol. The van der Waals surface area contributed by atoms with Crippen molar-refractivity contribution in [2.75, 3.05) is 19.7 Å². The highest BCUT2D eigenvalue weighted by atomic mass is 19.4. The first-order chi connectivity index (χ1) is 8.86. The predicted octanol–water partition coefficient (Wildman–Crippen LogP) is 2.13. The summed E-state index contributed by atoms with van der Waals surface area (Å²) in [6, 6.07) is 0. The van der Waals surface area contributed by atoms with Gasteiger partial charge in [-0.05, 0) is 19.3 Å². The Kier molecular flexibility index (Phi) is 5.62. The van der Waals surface area contributed by atoms with Crippen LogP contribution in [0.3, 0.4) is 0 Å². The summed E-state index contributed by atoms with van der Waals surface area (Å²) in [6.07, 6.45) is -2.43. The van der Waals surface area contributed by atoms with Gasteiger partial charge in [0.1, 0.15) is 0 Å². The molecule has 1 fully saturated rings. The molecule has 0 unspecified atom stereocenters. The highest BCUT2D eigenvalue weighted by Crippen LogP contribution is 2.24. The van der Waals surface area contributed by atoms with Gasteiger partial charge in [0.05, 0.1) is 12.5 Å². The number of rotatable bonds is 4. The lowest BCUT2D eigenvalue weighted by molar-refractivity contribution is -0.188. The number of likely N-dealkylation sites (tertiary alicyclic amines) is 1. The Labute approximate surface area is 109 Å². The topological polar surface area (TPSA) is 46.6 Å². The lowest BCUT2D eigenvalue weighted by Crippen LogP contribution is -2.48. The third-order valence-corrected chi connectivity index (χ3v) is 3.03. The Morgan fingerprint density at radius 2 is 2.05 bits per heavy atom. The minimum atomic E-state index is -4.88. The first-order valence-electron chi connectivity index (χ1n) is 6.39. The van der Waals surface area contributed by atoms with Gasteiger partial charge in [-0.25, -0.2) is 0 Å². The second-order valence-corrected chi connectivity index (χ2v) is 4.61. The molecule has 0 bridgehead atoms. The molecule has 1 amide bonds. The van der Waals surface area contributed by atoms with E-state index < -0.39 is 24.0 Å². The average molecular weight is 281 g/mol. The van der Waals surface area contributed by atoms with Crippen LogP contribution in [0.15, 0.2) is 0 Å². The highest BCUT2D eigenvalue weighted by molar-refractivity contribution is 5.83. The smallest absolute Gasteiger partial charge is 0.465 e. The van der Waals surface area contributed by atoms with Crippen molar-refractivity contribution < 1.29 is 27.5 Å². The minimum Gasteiger partial charge on any atom is -0.465 e. The number of alkyl halides is 3. The molecule has 0 N–H and O–H groups in total. The second kappa shape index (κ2) is 6.77. The molecule has 1 saturated heterocycles. The van der Waals surface area contributed by atoms with Crippen LogP contribution in [0.1, 0.15) is 32.6 Å². The van der Waals surface area contributed by atoms with Gasteiger partial charge in [-0.2, -0.15) is 13.2 Å². The molecule has 19 heavy (non-hydrogen) atoms. The fourth-order valence-corrected chi connectivity index (χ4v) is 1.97. The van der Waals surface area contributed by atoms with Crippen molar-refractivity contribution >= 4 is 11.9 Å². The van der Waals surface area contributed by atoms with E-state index in [1.807, 2.05) is 6.92 Å². The van der Waals surface area contributed by atoms with Gasteiger partial charge in [-0.1, -0.05) is 13.3 Å². The molecule has 1 rings (SSSR count). The van der Waals surface area contributed by atoms with Gasteiger partial charge in [0.2, 0.25) is 0 Å². The van der Waals surface area contributed by atoms with E-state index in [1.165, 1.54) is 0 Å². The summed E-state index contributed by atoms with van der Waals surface area (Å²) in [4.78, 5) is 23.4. The number of halogens is 3. The molecule has 1 aliphatic heterocycles. The normalized spacial score (nSPS) is 20.2. The summed E-state index contributed by atoms with van der Waals surface area (Å²) >= 11 is 0. The number of ether oxygens (including phenoxy) is 1. The molecule has 0 radical (unpaired) electrons. The van der Waals surface area contributed by atoms with Crippen molar-refractivity contribution in [3.05, 3.63) is 0 Å². The van der Waals surface area contributed by atoms with E-state index in [1.54, 1.807) is 0 Å². The van der Waals surface area contributed by atoms with Crippen LogP contribution in [0.25, 0.3) is 0 Å². The van der Waals surface area contributed by atoms with E-state index in [0.717, 1.165) is 12.8 Å². The molecule has 7 heteroatoms. The van der Waals surface area contributed by atoms with Crippen LogP contribution in [0, 0.1) is 5.92 Å². The number of hydrogen-bond donors (Lipinski definition) is 0. The van der Waals surface area contributed by atoms with Crippen LogP contribution < -0.4 is 0 Å². The molecule has 1 aliphatic rings. The van der Waals surface area contributed by atoms with Crippen LogP contribution in [0.2, 0.25) is 0 Å². The standard InChI is InChI=1S/C12H18F3NO3/c1-2-3-7-19-10(17)9-5-4-6-16(8-9)11(18)12(13,14)15/h9H,2-8H2,1H3/t9-/m1/s1. The number of carbonyl (C=O) groups is 2. The molecule has 1 atom stereocenters. The molecule has 110 valence electrons. The maximum absolute atomic E-state index is 12.3. The van der Waals surface area contributed by atoms with E-state index >= 15 is 0 Å². The molecule has 1 heterocycles. The van der Waals surface area contributed by atoms with Gasteiger partial charge in [0, 0.05) is 13.1 Å². The zero-order valence-electron chi connectivity index (χ0n) is 10.8. The van der Waals surface area contributed by atoms with Crippen LogP contribution >= 0.6 is 0 Å². The number of esters is 1. The molecular formula is C12H18F3NO3. The molecule has 0 aromatic carbocycles. The van der Waals surface area contributed by atoms with E-state index in [9.17, 15) is 22.8 Å². The Bertz CT molecular complexity index is 331. The number of hydrogen-bond acceptors (Lipinski definition) is 3. The molecule has 0 aliphatic carbocycles. The summed E-state index contributed by atoms with van der Waals surface area (Å²) in [6.45, 7) is 2.05. The average Bonchev–Trinajstić information content (AvgIpc) is 2.37. The van der Waals surface area contributed by atoms with Crippen molar-refractivity contribution in [2.24, 2.45) is 5.92 Å². The van der Waals surface area contributed by atoms with Gasteiger partial charge in [-0.3, -0.25) is 9.59 Å². The fraction of sp³-hybridized carbons (Fsp3) is 0.833. The summed E-state index contributed by atoms with van der Waals surface area (Å²) in [7, 11) is 0. The first-order valence-corrected chi connectivity index (χ1v) is 6.39. The minimum absolute atomic E-state index is 0.0388. The quantitative estimate of drug-likeness (QED) is 0.586. The van der Waals surface area contributed by atoms with Gasteiger partial charge >= 0.3 is 18.1 Å². The first kappa shape index (κ1) is 15.8. The summed E-state index contributed by atoms with van der Waals surface area (Å²) < 4.78 is 41.9. The lowest BCUT2D eigenvalue weighted by Gasteiger charge is -2.31. The van der Waals surface area contributed by atoms with Crippen molar-refractivity contribution in [3.63, 3.8) is 0 Å². The van der Waals surface area contributed by atoms with Gasteiger partial charge in [-0.15, -0.1) is 0 Å². The van der Waals surface area contributed by atoms with Gasteiger partial charge < -0.3 is 9.64 Å². The van der Waals surface area contributed by atoms with Crippen LogP contribution in [-0.4, -0.2) is 42.6 Å². The van der Waals surface area contributed by atoms with Crippen LogP contribution in [-0.2, 0) is 14.3 Å². The largest absolute Gasteiger partial charge is 0.471 e. The number of nitrogens with zero attached hydrogens (tertiary/aromatic N) is 1. The molecule has 4 nitrogen and oxygen atoms in total. The number of carbonyl (C=O) groups excluding carboxylic acids is 2. The fourth-order valence-electron chi connectivity index (χ4n) is 1.97. The third-order valence-electron chi connectivity index (χ3n) is 3.03. The zero-order chi connectivity index (χ0) is 14.5. The van der Waals surface area contributed by atoms with Crippen molar-refractivity contribution in [1.29, 1.82) is 0 Å². The van der Waals surface area contributed by atoms with Gasteiger partial charge in [0.15, 0.2) is 0 Å². The summed E-state index contributed by atoms with van der Waals surface area (Å²) in [5.74, 6) is -3.02. The van der Waals surface area contributed by atoms with Gasteiger partial charge in [0.25, 0.3) is 0 Å². The SMILES string of the molecule is CCCCOC(=O)[C@@H]1CCCN(C(=O)C(F)(F)F)C1. The number of unbranched alkanes of at least 4 members (excludes halogenated alkanes) is 1. The predicted molar refractivity (Wildman–Crippen MR) is 61.2 cm³/mol. The molecule has 0 aromatic rings. The lowest BCUT2D eigenvalue weighted by atomic mass is 9.98.